The van der Waals surface area contributed by atoms with Gasteiger partial charge in [0.25, 0.3) is 0 Å². The van der Waals surface area contributed by atoms with Crippen molar-refractivity contribution in [3.63, 3.8) is 0 Å². The first-order valence-electron chi connectivity index (χ1n) is 7.39. The minimum atomic E-state index is -0.487. The van der Waals surface area contributed by atoms with Crippen LogP contribution in [0.15, 0.2) is 18.2 Å². The van der Waals surface area contributed by atoms with E-state index in [1.54, 1.807) is 4.90 Å². The number of rotatable bonds is 2. The monoisotopic (exact) mass is 291 g/mol. The Morgan fingerprint density at radius 2 is 1.95 bits per heavy atom. The van der Waals surface area contributed by atoms with Gasteiger partial charge in [-0.05, 0) is 44.4 Å². The quantitative estimate of drug-likeness (QED) is 0.910. The second kappa shape index (κ2) is 5.34. The predicted octanol–water partition coefficient (Wildman–Crippen LogP) is 3.25. The summed E-state index contributed by atoms with van der Waals surface area (Å²) in [6.45, 7) is 10.4. The highest BCUT2D eigenvalue weighted by atomic mass is 16.6. The van der Waals surface area contributed by atoms with Crippen LogP contribution in [0.2, 0.25) is 0 Å². The van der Waals surface area contributed by atoms with Crippen LogP contribution in [0.25, 0.3) is 0 Å². The van der Waals surface area contributed by atoms with Crippen molar-refractivity contribution in [1.82, 2.24) is 0 Å². The number of amides is 1. The third kappa shape index (κ3) is 3.38. The lowest BCUT2D eigenvalue weighted by molar-refractivity contribution is 0.0584. The summed E-state index contributed by atoms with van der Waals surface area (Å²) in [6.07, 6.45) is 0.527. The summed E-state index contributed by atoms with van der Waals surface area (Å²) in [5, 5.41) is 9.48. The first-order valence-corrected chi connectivity index (χ1v) is 7.39. The van der Waals surface area contributed by atoms with Gasteiger partial charge in [0.15, 0.2) is 0 Å². The Bertz CT molecular complexity index is 543. The van der Waals surface area contributed by atoms with Gasteiger partial charge in [0.2, 0.25) is 0 Å². The van der Waals surface area contributed by atoms with E-state index in [4.69, 9.17) is 4.74 Å². The molecule has 4 heteroatoms. The zero-order chi connectivity index (χ0) is 15.8. The summed E-state index contributed by atoms with van der Waals surface area (Å²) in [7, 11) is 0. The summed E-state index contributed by atoms with van der Waals surface area (Å²) in [5.41, 5.74) is 2.39. The van der Waals surface area contributed by atoms with Crippen molar-refractivity contribution in [1.29, 1.82) is 0 Å². The number of hydrogen-bond donors (Lipinski definition) is 1. The van der Waals surface area contributed by atoms with Crippen molar-refractivity contribution in [2.75, 3.05) is 18.1 Å². The molecule has 0 aliphatic carbocycles. The van der Waals surface area contributed by atoms with E-state index >= 15 is 0 Å². The zero-order valence-electron chi connectivity index (χ0n) is 13.6. The summed E-state index contributed by atoms with van der Waals surface area (Å²) >= 11 is 0. The molecule has 0 atom stereocenters. The highest BCUT2D eigenvalue weighted by molar-refractivity contribution is 5.90. The molecule has 1 amide bonds. The average molecular weight is 291 g/mol. The highest BCUT2D eigenvalue weighted by Gasteiger charge is 2.30. The number of carbonyl (C=O) groups excluding carboxylic acids is 1. The molecule has 4 nitrogen and oxygen atoms in total. The highest BCUT2D eigenvalue weighted by Crippen LogP contribution is 2.33. The lowest BCUT2D eigenvalue weighted by Gasteiger charge is -2.26. The van der Waals surface area contributed by atoms with Gasteiger partial charge in [0.05, 0.1) is 12.3 Å². The Balaban J connectivity index is 2.24. The summed E-state index contributed by atoms with van der Waals surface area (Å²) in [4.78, 5) is 13.9. The number of fused-ring (bicyclic) bond motifs is 1. The first kappa shape index (κ1) is 15.8. The number of carbonyl (C=O) groups is 1. The maximum absolute atomic E-state index is 12.2. The Morgan fingerprint density at radius 3 is 2.52 bits per heavy atom. The van der Waals surface area contributed by atoms with Crippen LogP contribution in [0.3, 0.4) is 0 Å². The van der Waals surface area contributed by atoms with E-state index < -0.39 is 5.60 Å². The molecule has 1 N–H and O–H groups in total. The SMILES string of the molecule is CC(C)(C)OC(=O)N1CCc2cc(C(C)(C)CO)ccc21. The van der Waals surface area contributed by atoms with Gasteiger partial charge in [-0.2, -0.15) is 0 Å². The molecule has 0 saturated carbocycles. The molecule has 0 spiro atoms. The van der Waals surface area contributed by atoms with Crippen molar-refractivity contribution in [3.05, 3.63) is 29.3 Å². The topological polar surface area (TPSA) is 49.8 Å². The molecule has 0 radical (unpaired) electrons. The minimum Gasteiger partial charge on any atom is -0.443 e. The van der Waals surface area contributed by atoms with Gasteiger partial charge in [-0.25, -0.2) is 4.79 Å². The van der Waals surface area contributed by atoms with Crippen LogP contribution in [-0.4, -0.2) is 30.0 Å². The van der Waals surface area contributed by atoms with E-state index in [-0.39, 0.29) is 18.1 Å². The van der Waals surface area contributed by atoms with Gasteiger partial charge >= 0.3 is 6.09 Å². The molecule has 0 aromatic heterocycles. The number of nitrogens with zero attached hydrogens (tertiary/aromatic N) is 1. The van der Waals surface area contributed by atoms with Crippen molar-refractivity contribution in [2.45, 2.75) is 52.1 Å². The normalized spacial score (nSPS) is 15.0. The Kier molecular flexibility index (Phi) is 4.02. The number of hydrogen-bond acceptors (Lipinski definition) is 3. The molecule has 1 aliphatic rings. The number of benzene rings is 1. The third-order valence-electron chi connectivity index (χ3n) is 3.77. The average Bonchev–Trinajstić information content (AvgIpc) is 2.79. The van der Waals surface area contributed by atoms with Crippen LogP contribution < -0.4 is 4.90 Å². The van der Waals surface area contributed by atoms with E-state index in [2.05, 4.69) is 6.07 Å². The molecule has 0 bridgehead atoms. The summed E-state index contributed by atoms with van der Waals surface area (Å²) in [6, 6.07) is 6.03. The zero-order valence-corrected chi connectivity index (χ0v) is 13.6. The minimum absolute atomic E-state index is 0.0988. The largest absolute Gasteiger partial charge is 0.443 e. The van der Waals surface area contributed by atoms with Crippen molar-refractivity contribution >= 4 is 11.8 Å². The van der Waals surface area contributed by atoms with Crippen LogP contribution in [-0.2, 0) is 16.6 Å². The Morgan fingerprint density at radius 1 is 1.29 bits per heavy atom. The molecule has 0 fully saturated rings. The van der Waals surface area contributed by atoms with E-state index in [1.807, 2.05) is 46.8 Å². The second-order valence-corrected chi connectivity index (χ2v) is 7.27. The molecule has 2 rings (SSSR count). The van der Waals surface area contributed by atoms with Crippen LogP contribution >= 0.6 is 0 Å². The fraction of sp³-hybridized carbons (Fsp3) is 0.588. The van der Waals surface area contributed by atoms with E-state index in [9.17, 15) is 9.90 Å². The maximum Gasteiger partial charge on any atom is 0.414 e. The molecule has 1 heterocycles. The van der Waals surface area contributed by atoms with E-state index in [0.717, 1.165) is 23.2 Å². The van der Waals surface area contributed by atoms with Gasteiger partial charge in [-0.1, -0.05) is 26.0 Å². The molecule has 1 aromatic carbocycles. The van der Waals surface area contributed by atoms with E-state index in [1.165, 1.54) is 0 Å². The lowest BCUT2D eigenvalue weighted by atomic mass is 9.84. The van der Waals surface area contributed by atoms with E-state index in [0.29, 0.717) is 6.54 Å². The molecule has 0 saturated heterocycles. The lowest BCUT2D eigenvalue weighted by Crippen LogP contribution is -2.35. The summed E-state index contributed by atoms with van der Waals surface area (Å²) < 4.78 is 5.44. The fourth-order valence-corrected chi connectivity index (χ4v) is 2.42. The molecule has 1 aliphatic heterocycles. The molecule has 21 heavy (non-hydrogen) atoms. The number of ether oxygens (including phenoxy) is 1. The molecule has 0 unspecified atom stereocenters. The third-order valence-corrected chi connectivity index (χ3v) is 3.77. The van der Waals surface area contributed by atoms with Gasteiger partial charge in [-0.3, -0.25) is 4.90 Å². The standard InChI is InChI=1S/C17H25NO3/c1-16(2,3)21-15(20)18-9-8-12-10-13(6-7-14(12)18)17(4,5)11-19/h6-7,10,19H,8-9,11H2,1-5H3. The Labute approximate surface area is 126 Å². The molecule has 116 valence electrons. The van der Waals surface area contributed by atoms with Crippen LogP contribution in [0.4, 0.5) is 10.5 Å². The molecular weight excluding hydrogens is 266 g/mol. The van der Waals surface area contributed by atoms with Crippen LogP contribution in [0.1, 0.15) is 45.7 Å². The first-order chi connectivity index (χ1) is 9.64. The van der Waals surface area contributed by atoms with Crippen molar-refractivity contribution < 1.29 is 14.6 Å². The second-order valence-electron chi connectivity index (χ2n) is 7.27. The van der Waals surface area contributed by atoms with Crippen LogP contribution in [0, 0.1) is 0 Å². The van der Waals surface area contributed by atoms with Crippen LogP contribution in [0.5, 0.6) is 0 Å². The molecule has 1 aromatic rings. The van der Waals surface area contributed by atoms with Gasteiger partial charge in [-0.15, -0.1) is 0 Å². The van der Waals surface area contributed by atoms with Crippen molar-refractivity contribution in [3.8, 4) is 0 Å². The maximum atomic E-state index is 12.2. The number of aliphatic hydroxyl groups excluding tert-OH is 1. The fourth-order valence-electron chi connectivity index (χ4n) is 2.42. The van der Waals surface area contributed by atoms with Gasteiger partial charge < -0.3 is 9.84 Å². The molecular formula is C17H25NO3. The predicted molar refractivity (Wildman–Crippen MR) is 83.8 cm³/mol. The van der Waals surface area contributed by atoms with Gasteiger partial charge in [0.1, 0.15) is 5.60 Å². The number of anilines is 1. The number of aliphatic hydroxyl groups is 1. The Hall–Kier alpha value is -1.55. The van der Waals surface area contributed by atoms with Gasteiger partial charge in [0, 0.05) is 12.0 Å². The summed E-state index contributed by atoms with van der Waals surface area (Å²) in [5.74, 6) is 0. The smallest absolute Gasteiger partial charge is 0.414 e. The van der Waals surface area contributed by atoms with Crippen molar-refractivity contribution in [2.24, 2.45) is 0 Å².